The van der Waals surface area contributed by atoms with Gasteiger partial charge in [0.1, 0.15) is 11.8 Å². The molecule has 1 aromatic carbocycles. The number of hydrogen-bond donors (Lipinski definition) is 1. The van der Waals surface area contributed by atoms with E-state index in [2.05, 4.69) is 9.97 Å². The summed E-state index contributed by atoms with van der Waals surface area (Å²) in [5, 5.41) is 0.809. The Balaban J connectivity index is 2.14. The zero-order chi connectivity index (χ0) is 14.1. The Bertz CT molecular complexity index is 677. The molecule has 0 saturated heterocycles. The van der Waals surface area contributed by atoms with Gasteiger partial charge in [0.15, 0.2) is 5.82 Å². The minimum absolute atomic E-state index is 0.321. The van der Waals surface area contributed by atoms with Gasteiger partial charge in [-0.05, 0) is 18.2 Å². The van der Waals surface area contributed by atoms with E-state index in [9.17, 15) is 4.79 Å². The number of carbonyl (C=O) groups is 1. The fourth-order valence-electron chi connectivity index (χ4n) is 2.02. The van der Waals surface area contributed by atoms with Crippen LogP contribution in [0.3, 0.4) is 0 Å². The third-order valence-electron chi connectivity index (χ3n) is 2.90. The first-order valence-corrected chi connectivity index (χ1v) is 6.71. The van der Waals surface area contributed by atoms with Gasteiger partial charge in [-0.3, -0.25) is 9.69 Å². The molecule has 2 heterocycles. The molecule has 0 radical (unpaired) electrons. The van der Waals surface area contributed by atoms with E-state index in [0.29, 0.717) is 18.1 Å². The second-order valence-corrected chi connectivity index (χ2v) is 5.21. The highest BCUT2D eigenvalue weighted by Crippen LogP contribution is 2.46. The van der Waals surface area contributed by atoms with Crippen LogP contribution in [0.1, 0.15) is 10.4 Å². The summed E-state index contributed by atoms with van der Waals surface area (Å²) in [5.41, 5.74) is 6.64. The number of aromatic nitrogens is 2. The van der Waals surface area contributed by atoms with Crippen LogP contribution in [0.25, 0.3) is 0 Å². The average molecular weight is 288 g/mol. The number of rotatable bonds is 3. The Morgan fingerprint density at radius 2 is 2.20 bits per heavy atom. The summed E-state index contributed by atoms with van der Waals surface area (Å²) in [5.74, 6) is 0.258. The molecule has 102 valence electrons. The molecule has 0 unspecified atom stereocenters. The van der Waals surface area contributed by atoms with E-state index in [1.54, 1.807) is 31.6 Å². The zero-order valence-electron chi connectivity index (χ0n) is 10.7. The van der Waals surface area contributed by atoms with Gasteiger partial charge in [-0.2, -0.15) is 0 Å². The molecular weight excluding hydrogens is 276 g/mol. The largest absolute Gasteiger partial charge is 0.366 e. The van der Waals surface area contributed by atoms with Gasteiger partial charge in [-0.1, -0.05) is 11.8 Å². The molecule has 7 heteroatoms. The van der Waals surface area contributed by atoms with Gasteiger partial charge in [-0.25, -0.2) is 9.97 Å². The van der Waals surface area contributed by atoms with Crippen molar-refractivity contribution in [2.75, 3.05) is 18.7 Å². The molecule has 0 aliphatic carbocycles. The number of carbonyl (C=O) groups excluding carboxylic acids is 1. The number of fused-ring (bicyclic) bond motifs is 2. The monoisotopic (exact) mass is 288 g/mol. The molecule has 0 atom stereocenters. The lowest BCUT2D eigenvalue weighted by atomic mass is 10.2. The quantitative estimate of drug-likeness (QED) is 0.927. The highest BCUT2D eigenvalue weighted by atomic mass is 32.2. The molecule has 3 rings (SSSR count). The Kier molecular flexibility index (Phi) is 3.29. The molecule has 1 amide bonds. The molecule has 1 aliphatic heterocycles. The predicted molar refractivity (Wildman–Crippen MR) is 75.1 cm³/mol. The molecule has 0 spiro atoms. The molecule has 0 fully saturated rings. The van der Waals surface area contributed by atoms with Crippen molar-refractivity contribution in [1.82, 2.24) is 9.97 Å². The van der Waals surface area contributed by atoms with Gasteiger partial charge in [0.25, 0.3) is 0 Å². The number of amides is 1. The lowest BCUT2D eigenvalue weighted by Gasteiger charge is -2.30. The maximum atomic E-state index is 11.3. The van der Waals surface area contributed by atoms with Crippen molar-refractivity contribution in [2.45, 2.75) is 9.92 Å². The van der Waals surface area contributed by atoms with Crippen LogP contribution in [0.2, 0.25) is 0 Å². The van der Waals surface area contributed by atoms with E-state index in [4.69, 9.17) is 10.5 Å². The molecule has 2 N–H and O–H groups in total. The molecule has 20 heavy (non-hydrogen) atoms. The van der Waals surface area contributed by atoms with Crippen LogP contribution in [-0.2, 0) is 4.74 Å². The highest BCUT2D eigenvalue weighted by Gasteiger charge is 2.26. The number of hydrogen-bond acceptors (Lipinski definition) is 6. The Labute approximate surface area is 120 Å². The topological polar surface area (TPSA) is 81.3 Å². The SMILES string of the molecule is COCN1c2cc(C(N)=O)ccc2Sc2nccnc21. The van der Waals surface area contributed by atoms with Crippen LogP contribution >= 0.6 is 11.8 Å². The average Bonchev–Trinajstić information content (AvgIpc) is 2.46. The molecule has 1 aromatic heterocycles. The molecule has 6 nitrogen and oxygen atoms in total. The number of methoxy groups -OCH3 is 1. The predicted octanol–water partition coefficient (Wildman–Crippen LogP) is 1.78. The van der Waals surface area contributed by atoms with Crippen LogP contribution in [0.15, 0.2) is 40.5 Å². The number of benzene rings is 1. The van der Waals surface area contributed by atoms with Gasteiger partial charge >= 0.3 is 0 Å². The molecule has 1 aliphatic rings. The highest BCUT2D eigenvalue weighted by molar-refractivity contribution is 7.99. The maximum Gasteiger partial charge on any atom is 0.248 e. The third-order valence-corrected chi connectivity index (χ3v) is 3.95. The standard InChI is InChI=1S/C13H12N4O2S/c1-19-7-17-9-6-8(11(14)18)2-3-10(9)20-13-12(17)15-4-5-16-13/h2-6H,7H2,1H3,(H2,14,18). The van der Waals surface area contributed by atoms with E-state index in [0.717, 1.165) is 15.6 Å². The van der Waals surface area contributed by atoms with Crippen molar-refractivity contribution in [1.29, 1.82) is 0 Å². The van der Waals surface area contributed by atoms with E-state index in [1.807, 2.05) is 11.0 Å². The van der Waals surface area contributed by atoms with E-state index in [-0.39, 0.29) is 0 Å². The summed E-state index contributed by atoms with van der Waals surface area (Å²) in [6.07, 6.45) is 3.28. The van der Waals surface area contributed by atoms with Crippen LogP contribution in [0, 0.1) is 0 Å². The Morgan fingerprint density at radius 1 is 1.40 bits per heavy atom. The van der Waals surface area contributed by atoms with Crippen molar-refractivity contribution >= 4 is 29.2 Å². The lowest BCUT2D eigenvalue weighted by molar-refractivity contribution is 0.1000. The van der Waals surface area contributed by atoms with Gasteiger partial charge < -0.3 is 10.5 Å². The summed E-state index contributed by atoms with van der Waals surface area (Å²) in [7, 11) is 1.61. The van der Waals surface area contributed by atoms with Crippen molar-refractivity contribution in [3.63, 3.8) is 0 Å². The van der Waals surface area contributed by atoms with Crippen molar-refractivity contribution < 1.29 is 9.53 Å². The van der Waals surface area contributed by atoms with Gasteiger partial charge in [-0.15, -0.1) is 0 Å². The van der Waals surface area contributed by atoms with Crippen molar-refractivity contribution in [3.05, 3.63) is 36.2 Å². The Hall–Kier alpha value is -2.12. The lowest BCUT2D eigenvalue weighted by Crippen LogP contribution is -2.25. The number of anilines is 2. The molecular formula is C13H12N4O2S. The summed E-state index contributed by atoms with van der Waals surface area (Å²) < 4.78 is 5.23. The van der Waals surface area contributed by atoms with E-state index >= 15 is 0 Å². The van der Waals surface area contributed by atoms with E-state index in [1.165, 1.54) is 11.8 Å². The van der Waals surface area contributed by atoms with Gasteiger partial charge in [0.05, 0.1) is 5.69 Å². The van der Waals surface area contributed by atoms with Crippen LogP contribution < -0.4 is 10.6 Å². The number of nitrogens with two attached hydrogens (primary N) is 1. The zero-order valence-corrected chi connectivity index (χ0v) is 11.6. The minimum atomic E-state index is -0.458. The number of ether oxygens (including phenoxy) is 1. The summed E-state index contributed by atoms with van der Waals surface area (Å²) in [6.45, 7) is 0.321. The van der Waals surface area contributed by atoms with Gasteiger partial charge in [0.2, 0.25) is 5.91 Å². The first-order chi connectivity index (χ1) is 9.70. The summed E-state index contributed by atoms with van der Waals surface area (Å²) >= 11 is 1.51. The molecule has 0 saturated carbocycles. The van der Waals surface area contributed by atoms with Crippen molar-refractivity contribution in [2.24, 2.45) is 5.73 Å². The van der Waals surface area contributed by atoms with Gasteiger partial charge in [0, 0.05) is 30.0 Å². The van der Waals surface area contributed by atoms with Crippen LogP contribution in [-0.4, -0.2) is 29.7 Å². The maximum absolute atomic E-state index is 11.3. The third kappa shape index (κ3) is 2.10. The fraction of sp³-hybridized carbons (Fsp3) is 0.154. The second kappa shape index (κ2) is 5.10. The molecule has 0 bridgehead atoms. The number of primary amides is 1. The number of nitrogens with zero attached hydrogens (tertiary/aromatic N) is 3. The van der Waals surface area contributed by atoms with Crippen LogP contribution in [0.4, 0.5) is 11.5 Å². The Morgan fingerprint density at radius 3 is 2.95 bits per heavy atom. The first kappa shape index (κ1) is 12.9. The normalized spacial score (nSPS) is 12.8. The second-order valence-electron chi connectivity index (χ2n) is 4.18. The van der Waals surface area contributed by atoms with E-state index < -0.39 is 5.91 Å². The molecule has 2 aromatic rings. The smallest absolute Gasteiger partial charge is 0.248 e. The minimum Gasteiger partial charge on any atom is -0.366 e. The first-order valence-electron chi connectivity index (χ1n) is 5.90. The van der Waals surface area contributed by atoms with Crippen LogP contribution in [0.5, 0.6) is 0 Å². The summed E-state index contributed by atoms with van der Waals surface area (Å²) in [4.78, 5) is 22.9. The fourth-order valence-corrected chi connectivity index (χ4v) is 3.01. The summed E-state index contributed by atoms with van der Waals surface area (Å²) in [6, 6.07) is 5.32. The van der Waals surface area contributed by atoms with Crippen molar-refractivity contribution in [3.8, 4) is 0 Å².